The SMILES string of the molecule is CN1CCN(C(=O)NC(C(=O)O)c2cccs2)CC1. The maximum Gasteiger partial charge on any atom is 0.331 e. The van der Waals surface area contributed by atoms with Crippen LogP contribution in [0.15, 0.2) is 17.5 Å². The van der Waals surface area contributed by atoms with E-state index in [0.717, 1.165) is 13.1 Å². The van der Waals surface area contributed by atoms with E-state index in [0.29, 0.717) is 18.0 Å². The average molecular weight is 283 g/mol. The third-order valence-electron chi connectivity index (χ3n) is 3.13. The van der Waals surface area contributed by atoms with E-state index in [9.17, 15) is 14.7 Å². The van der Waals surface area contributed by atoms with Crippen molar-refractivity contribution in [1.29, 1.82) is 0 Å². The number of likely N-dealkylation sites (N-methyl/N-ethyl adjacent to an activating group) is 1. The zero-order chi connectivity index (χ0) is 13.8. The fourth-order valence-electron chi connectivity index (χ4n) is 1.93. The first kappa shape index (κ1) is 13.8. The summed E-state index contributed by atoms with van der Waals surface area (Å²) in [4.78, 5) is 27.7. The van der Waals surface area contributed by atoms with Crippen LogP contribution in [-0.2, 0) is 4.79 Å². The first-order valence-corrected chi connectivity index (χ1v) is 6.96. The van der Waals surface area contributed by atoms with E-state index in [2.05, 4.69) is 10.2 Å². The number of hydrogen-bond acceptors (Lipinski definition) is 4. The minimum Gasteiger partial charge on any atom is -0.479 e. The Balaban J connectivity index is 1.98. The number of thiophene rings is 1. The largest absolute Gasteiger partial charge is 0.479 e. The second-order valence-electron chi connectivity index (χ2n) is 4.53. The number of carboxylic acid groups (broad SMARTS) is 1. The van der Waals surface area contributed by atoms with Crippen LogP contribution in [0.3, 0.4) is 0 Å². The smallest absolute Gasteiger partial charge is 0.331 e. The van der Waals surface area contributed by atoms with Crippen molar-refractivity contribution in [2.45, 2.75) is 6.04 Å². The molecule has 1 saturated heterocycles. The number of hydrogen-bond donors (Lipinski definition) is 2. The standard InChI is InChI=1S/C12H17N3O3S/c1-14-4-6-15(7-5-14)12(18)13-10(11(16)17)9-3-2-8-19-9/h2-3,8,10H,4-7H2,1H3,(H,13,18)(H,16,17). The molecule has 0 spiro atoms. The Kier molecular flexibility index (Phi) is 4.39. The van der Waals surface area contributed by atoms with Crippen LogP contribution in [0.5, 0.6) is 0 Å². The molecule has 1 aromatic rings. The molecule has 0 aliphatic carbocycles. The van der Waals surface area contributed by atoms with Gasteiger partial charge in [0.2, 0.25) is 0 Å². The summed E-state index contributed by atoms with van der Waals surface area (Å²) >= 11 is 1.33. The van der Waals surface area contributed by atoms with Crippen molar-refractivity contribution in [3.05, 3.63) is 22.4 Å². The number of carbonyl (C=O) groups excluding carboxylic acids is 1. The van der Waals surface area contributed by atoms with Gasteiger partial charge in [0.1, 0.15) is 0 Å². The molecule has 1 atom stereocenters. The van der Waals surface area contributed by atoms with Gasteiger partial charge in [0.05, 0.1) is 0 Å². The number of urea groups is 1. The maximum absolute atomic E-state index is 12.1. The zero-order valence-corrected chi connectivity index (χ0v) is 11.5. The molecule has 0 radical (unpaired) electrons. The molecular formula is C12H17N3O3S. The lowest BCUT2D eigenvalue weighted by atomic mass is 10.2. The Morgan fingerprint density at radius 2 is 2.05 bits per heavy atom. The topological polar surface area (TPSA) is 72.9 Å². The zero-order valence-electron chi connectivity index (χ0n) is 10.7. The molecule has 2 rings (SSSR count). The van der Waals surface area contributed by atoms with Crippen molar-refractivity contribution in [3.63, 3.8) is 0 Å². The molecule has 1 aromatic heterocycles. The van der Waals surface area contributed by atoms with Crippen molar-refractivity contribution in [2.24, 2.45) is 0 Å². The lowest BCUT2D eigenvalue weighted by molar-refractivity contribution is -0.139. The summed E-state index contributed by atoms with van der Waals surface area (Å²) in [7, 11) is 2.00. The molecule has 0 saturated carbocycles. The molecule has 1 unspecified atom stereocenters. The predicted octanol–water partition coefficient (Wildman–Crippen LogP) is 0.831. The lowest BCUT2D eigenvalue weighted by Crippen LogP contribution is -2.51. The fourth-order valence-corrected chi connectivity index (χ4v) is 2.70. The number of aliphatic carboxylic acids is 1. The summed E-state index contributed by atoms with van der Waals surface area (Å²) in [5.41, 5.74) is 0. The van der Waals surface area contributed by atoms with E-state index >= 15 is 0 Å². The van der Waals surface area contributed by atoms with Crippen molar-refractivity contribution in [3.8, 4) is 0 Å². The van der Waals surface area contributed by atoms with E-state index < -0.39 is 12.0 Å². The second kappa shape index (κ2) is 6.03. The van der Waals surface area contributed by atoms with Crippen LogP contribution < -0.4 is 5.32 Å². The highest BCUT2D eigenvalue weighted by Crippen LogP contribution is 2.19. The summed E-state index contributed by atoms with van der Waals surface area (Å²) in [6.45, 7) is 2.87. The Morgan fingerprint density at radius 1 is 1.37 bits per heavy atom. The molecule has 104 valence electrons. The number of rotatable bonds is 3. The number of nitrogens with one attached hydrogen (secondary N) is 1. The first-order chi connectivity index (χ1) is 9.08. The molecule has 2 amide bonds. The van der Waals surface area contributed by atoms with Gasteiger partial charge in [0.25, 0.3) is 0 Å². The number of nitrogens with zero attached hydrogens (tertiary/aromatic N) is 2. The fraction of sp³-hybridized carbons (Fsp3) is 0.500. The molecule has 0 bridgehead atoms. The van der Waals surface area contributed by atoms with E-state index in [-0.39, 0.29) is 6.03 Å². The lowest BCUT2D eigenvalue weighted by Gasteiger charge is -2.33. The van der Waals surface area contributed by atoms with Gasteiger partial charge in [0.15, 0.2) is 6.04 Å². The van der Waals surface area contributed by atoms with Gasteiger partial charge in [-0.3, -0.25) is 0 Å². The molecule has 6 nitrogen and oxygen atoms in total. The van der Waals surface area contributed by atoms with Crippen molar-refractivity contribution >= 4 is 23.3 Å². The highest BCUT2D eigenvalue weighted by atomic mass is 32.1. The average Bonchev–Trinajstić information content (AvgIpc) is 2.89. The normalized spacial score (nSPS) is 18.1. The molecule has 1 aliphatic rings. The van der Waals surface area contributed by atoms with E-state index in [1.54, 1.807) is 22.4 Å². The molecule has 1 fully saturated rings. The Bertz CT molecular complexity index is 441. The van der Waals surface area contributed by atoms with Gasteiger partial charge in [-0.05, 0) is 18.5 Å². The number of amides is 2. The summed E-state index contributed by atoms with van der Waals surface area (Å²) in [6.07, 6.45) is 0. The summed E-state index contributed by atoms with van der Waals surface area (Å²) < 4.78 is 0. The van der Waals surface area contributed by atoms with E-state index in [4.69, 9.17) is 0 Å². The van der Waals surface area contributed by atoms with Crippen LogP contribution in [0.1, 0.15) is 10.9 Å². The number of carbonyl (C=O) groups is 2. The van der Waals surface area contributed by atoms with Crippen LogP contribution in [-0.4, -0.2) is 60.1 Å². The van der Waals surface area contributed by atoms with Gasteiger partial charge in [-0.15, -0.1) is 11.3 Å². The molecule has 1 aliphatic heterocycles. The van der Waals surface area contributed by atoms with Crippen LogP contribution in [0, 0.1) is 0 Å². The molecule has 19 heavy (non-hydrogen) atoms. The third kappa shape index (κ3) is 3.45. The van der Waals surface area contributed by atoms with Crippen molar-refractivity contribution < 1.29 is 14.7 Å². The van der Waals surface area contributed by atoms with Crippen LogP contribution in [0.4, 0.5) is 4.79 Å². The molecule has 0 aromatic carbocycles. The van der Waals surface area contributed by atoms with Gasteiger partial charge in [0, 0.05) is 31.1 Å². The quantitative estimate of drug-likeness (QED) is 0.862. The number of piperazine rings is 1. The van der Waals surface area contributed by atoms with Gasteiger partial charge in [-0.1, -0.05) is 6.07 Å². The molecule has 2 N–H and O–H groups in total. The molecule has 2 heterocycles. The predicted molar refractivity (Wildman–Crippen MR) is 72.3 cm³/mol. The third-order valence-corrected chi connectivity index (χ3v) is 4.07. The maximum atomic E-state index is 12.1. The van der Waals surface area contributed by atoms with Gasteiger partial charge in [-0.25, -0.2) is 9.59 Å². The Hall–Kier alpha value is -1.60. The second-order valence-corrected chi connectivity index (χ2v) is 5.51. The highest BCUT2D eigenvalue weighted by molar-refractivity contribution is 7.10. The Labute approximate surface area is 115 Å². The first-order valence-electron chi connectivity index (χ1n) is 6.08. The summed E-state index contributed by atoms with van der Waals surface area (Å²) in [6, 6.07) is 2.21. The highest BCUT2D eigenvalue weighted by Gasteiger charge is 2.26. The molecule has 7 heteroatoms. The van der Waals surface area contributed by atoms with Crippen LogP contribution >= 0.6 is 11.3 Å². The Morgan fingerprint density at radius 3 is 2.58 bits per heavy atom. The van der Waals surface area contributed by atoms with Crippen molar-refractivity contribution in [1.82, 2.24) is 15.1 Å². The summed E-state index contributed by atoms with van der Waals surface area (Å²) in [5, 5.41) is 13.6. The minimum atomic E-state index is -1.04. The van der Waals surface area contributed by atoms with Gasteiger partial charge in [-0.2, -0.15) is 0 Å². The monoisotopic (exact) mass is 283 g/mol. The number of carboxylic acids is 1. The minimum absolute atomic E-state index is 0.311. The van der Waals surface area contributed by atoms with Crippen LogP contribution in [0.2, 0.25) is 0 Å². The van der Waals surface area contributed by atoms with Crippen LogP contribution in [0.25, 0.3) is 0 Å². The van der Waals surface area contributed by atoms with Gasteiger partial charge >= 0.3 is 12.0 Å². The summed E-state index contributed by atoms with van der Waals surface area (Å²) in [5.74, 6) is -1.04. The van der Waals surface area contributed by atoms with E-state index in [1.807, 2.05) is 7.05 Å². The van der Waals surface area contributed by atoms with Crippen molar-refractivity contribution in [2.75, 3.05) is 33.2 Å². The van der Waals surface area contributed by atoms with Gasteiger partial charge < -0.3 is 20.2 Å². The van der Waals surface area contributed by atoms with E-state index in [1.165, 1.54) is 11.3 Å². The molecular weight excluding hydrogens is 266 g/mol.